The van der Waals surface area contributed by atoms with Crippen molar-refractivity contribution in [3.63, 3.8) is 0 Å². The third-order valence-corrected chi connectivity index (χ3v) is 2.55. The van der Waals surface area contributed by atoms with Gasteiger partial charge in [-0.15, -0.1) is 0 Å². The summed E-state index contributed by atoms with van der Waals surface area (Å²) in [5, 5.41) is 3.21. The van der Waals surface area contributed by atoms with Gasteiger partial charge in [0.05, 0.1) is 17.2 Å². The van der Waals surface area contributed by atoms with Gasteiger partial charge in [-0.2, -0.15) is 0 Å². The second-order valence-corrected chi connectivity index (χ2v) is 3.74. The molecule has 1 N–H and O–H groups in total. The van der Waals surface area contributed by atoms with Gasteiger partial charge >= 0.3 is 11.9 Å². The summed E-state index contributed by atoms with van der Waals surface area (Å²) in [7, 11) is 1.14. The SMILES string of the molecule is COC(=O)C(=O)NCc1ccc(Cl)c(Cl)c1. The lowest BCUT2D eigenvalue weighted by Crippen LogP contribution is -2.31. The van der Waals surface area contributed by atoms with Gasteiger partial charge in [0, 0.05) is 6.54 Å². The first kappa shape index (κ1) is 12.8. The van der Waals surface area contributed by atoms with Crippen molar-refractivity contribution >= 4 is 35.1 Å². The molecule has 0 saturated heterocycles. The van der Waals surface area contributed by atoms with Crippen molar-refractivity contribution in [2.75, 3.05) is 7.11 Å². The highest BCUT2D eigenvalue weighted by Gasteiger charge is 2.12. The number of halogens is 2. The number of rotatable bonds is 2. The van der Waals surface area contributed by atoms with E-state index in [0.29, 0.717) is 10.0 Å². The van der Waals surface area contributed by atoms with Gasteiger partial charge in [-0.05, 0) is 17.7 Å². The summed E-state index contributed by atoms with van der Waals surface area (Å²) >= 11 is 11.5. The fourth-order valence-electron chi connectivity index (χ4n) is 0.997. The molecule has 1 aromatic carbocycles. The number of nitrogens with one attached hydrogen (secondary N) is 1. The Labute approximate surface area is 102 Å². The Morgan fingerprint density at radius 3 is 2.56 bits per heavy atom. The van der Waals surface area contributed by atoms with E-state index in [1.165, 1.54) is 0 Å². The molecule has 0 fully saturated rings. The van der Waals surface area contributed by atoms with E-state index in [0.717, 1.165) is 12.7 Å². The topological polar surface area (TPSA) is 55.4 Å². The summed E-state index contributed by atoms with van der Waals surface area (Å²) in [6.45, 7) is 0.185. The van der Waals surface area contributed by atoms with E-state index < -0.39 is 11.9 Å². The van der Waals surface area contributed by atoms with Gasteiger partial charge in [0.1, 0.15) is 0 Å². The van der Waals surface area contributed by atoms with Crippen molar-refractivity contribution in [3.05, 3.63) is 33.8 Å². The summed E-state index contributed by atoms with van der Waals surface area (Å²) in [6.07, 6.45) is 0. The van der Waals surface area contributed by atoms with Crippen LogP contribution in [-0.2, 0) is 20.9 Å². The van der Waals surface area contributed by atoms with E-state index in [9.17, 15) is 9.59 Å². The van der Waals surface area contributed by atoms with Gasteiger partial charge in [-0.3, -0.25) is 4.79 Å². The Morgan fingerprint density at radius 1 is 1.31 bits per heavy atom. The van der Waals surface area contributed by atoms with Crippen LogP contribution in [0.5, 0.6) is 0 Å². The fourth-order valence-corrected chi connectivity index (χ4v) is 1.32. The number of methoxy groups -OCH3 is 1. The van der Waals surface area contributed by atoms with E-state index >= 15 is 0 Å². The Morgan fingerprint density at radius 2 is 2.00 bits per heavy atom. The number of carbonyl (C=O) groups excluding carboxylic acids is 2. The van der Waals surface area contributed by atoms with Crippen LogP contribution in [0.15, 0.2) is 18.2 Å². The van der Waals surface area contributed by atoms with Gasteiger partial charge in [-0.25, -0.2) is 4.79 Å². The van der Waals surface area contributed by atoms with Crippen molar-refractivity contribution < 1.29 is 14.3 Å². The second kappa shape index (κ2) is 5.72. The number of benzene rings is 1. The minimum atomic E-state index is -0.930. The third-order valence-electron chi connectivity index (χ3n) is 1.81. The summed E-state index contributed by atoms with van der Waals surface area (Å²) < 4.78 is 4.25. The third kappa shape index (κ3) is 3.40. The average molecular weight is 262 g/mol. The summed E-state index contributed by atoms with van der Waals surface area (Å²) in [5.41, 5.74) is 0.742. The van der Waals surface area contributed by atoms with Crippen LogP contribution in [0, 0.1) is 0 Å². The Balaban J connectivity index is 2.58. The van der Waals surface area contributed by atoms with Crippen molar-refractivity contribution in [1.29, 1.82) is 0 Å². The van der Waals surface area contributed by atoms with Crippen LogP contribution in [0.1, 0.15) is 5.56 Å². The van der Waals surface area contributed by atoms with E-state index in [-0.39, 0.29) is 6.54 Å². The minimum Gasteiger partial charge on any atom is -0.462 e. The highest BCUT2D eigenvalue weighted by atomic mass is 35.5. The number of hydrogen-bond donors (Lipinski definition) is 1. The molecule has 0 aromatic heterocycles. The predicted molar refractivity (Wildman–Crippen MR) is 60.3 cm³/mol. The zero-order chi connectivity index (χ0) is 12.1. The maximum absolute atomic E-state index is 11.1. The average Bonchev–Trinajstić information content (AvgIpc) is 2.29. The molecule has 0 aliphatic rings. The molecular weight excluding hydrogens is 253 g/mol. The largest absolute Gasteiger partial charge is 0.462 e. The molecule has 1 amide bonds. The summed E-state index contributed by atoms with van der Waals surface area (Å²) in [6, 6.07) is 4.93. The fraction of sp³-hybridized carbons (Fsp3) is 0.200. The van der Waals surface area contributed by atoms with Crippen molar-refractivity contribution in [2.45, 2.75) is 6.54 Å². The lowest BCUT2D eigenvalue weighted by atomic mass is 10.2. The van der Waals surface area contributed by atoms with Gasteiger partial charge < -0.3 is 10.1 Å². The van der Waals surface area contributed by atoms with Gasteiger partial charge in [0.15, 0.2) is 0 Å². The number of ether oxygens (including phenoxy) is 1. The lowest BCUT2D eigenvalue weighted by molar-refractivity contribution is -0.152. The monoisotopic (exact) mass is 261 g/mol. The maximum atomic E-state index is 11.1. The molecule has 0 aliphatic carbocycles. The zero-order valence-electron chi connectivity index (χ0n) is 8.42. The van der Waals surface area contributed by atoms with Crippen LogP contribution in [0.2, 0.25) is 10.0 Å². The molecule has 0 bridgehead atoms. The van der Waals surface area contributed by atoms with Crippen LogP contribution in [0.25, 0.3) is 0 Å². The molecule has 0 unspecified atom stereocenters. The van der Waals surface area contributed by atoms with Crippen LogP contribution in [0.3, 0.4) is 0 Å². The molecule has 6 heteroatoms. The van der Waals surface area contributed by atoms with E-state index in [1.54, 1.807) is 18.2 Å². The second-order valence-electron chi connectivity index (χ2n) is 2.92. The Hall–Kier alpha value is -1.26. The molecule has 1 aromatic rings. The standard InChI is InChI=1S/C10H9Cl2NO3/c1-16-10(15)9(14)13-5-6-2-3-7(11)8(12)4-6/h2-4H,5H2,1H3,(H,13,14). The molecule has 16 heavy (non-hydrogen) atoms. The van der Waals surface area contributed by atoms with Crippen LogP contribution in [-0.4, -0.2) is 19.0 Å². The van der Waals surface area contributed by atoms with Crippen LogP contribution >= 0.6 is 23.2 Å². The van der Waals surface area contributed by atoms with E-state index in [4.69, 9.17) is 23.2 Å². The number of esters is 1. The van der Waals surface area contributed by atoms with Gasteiger partial charge in [0.2, 0.25) is 0 Å². The first-order valence-electron chi connectivity index (χ1n) is 4.34. The quantitative estimate of drug-likeness (QED) is 0.653. The molecular formula is C10H9Cl2NO3. The summed E-state index contributed by atoms with van der Waals surface area (Å²) in [5.74, 6) is -1.73. The lowest BCUT2D eigenvalue weighted by Gasteiger charge is -2.04. The number of carbonyl (C=O) groups is 2. The first-order valence-corrected chi connectivity index (χ1v) is 5.10. The molecule has 0 aliphatic heterocycles. The molecule has 0 heterocycles. The van der Waals surface area contributed by atoms with Gasteiger partial charge in [-0.1, -0.05) is 29.3 Å². The highest BCUT2D eigenvalue weighted by molar-refractivity contribution is 6.42. The van der Waals surface area contributed by atoms with Crippen molar-refractivity contribution in [3.8, 4) is 0 Å². The van der Waals surface area contributed by atoms with Gasteiger partial charge in [0.25, 0.3) is 0 Å². The molecule has 1 rings (SSSR count). The minimum absolute atomic E-state index is 0.185. The van der Waals surface area contributed by atoms with Crippen LogP contribution in [0.4, 0.5) is 0 Å². The van der Waals surface area contributed by atoms with E-state index in [1.807, 2.05) is 0 Å². The molecule has 4 nitrogen and oxygen atoms in total. The first-order chi connectivity index (χ1) is 7.54. The Bertz CT molecular complexity index is 421. The maximum Gasteiger partial charge on any atom is 0.396 e. The number of hydrogen-bond acceptors (Lipinski definition) is 3. The van der Waals surface area contributed by atoms with E-state index in [2.05, 4.69) is 10.1 Å². The van der Waals surface area contributed by atoms with Crippen molar-refractivity contribution in [1.82, 2.24) is 5.32 Å². The van der Waals surface area contributed by atoms with Crippen LogP contribution < -0.4 is 5.32 Å². The molecule has 0 radical (unpaired) electrons. The highest BCUT2D eigenvalue weighted by Crippen LogP contribution is 2.22. The summed E-state index contributed by atoms with van der Waals surface area (Å²) in [4.78, 5) is 21.8. The normalized spacial score (nSPS) is 9.69. The zero-order valence-corrected chi connectivity index (χ0v) is 9.93. The molecule has 0 atom stereocenters. The van der Waals surface area contributed by atoms with Crippen molar-refractivity contribution in [2.24, 2.45) is 0 Å². The predicted octanol–water partition coefficient (Wildman–Crippen LogP) is 1.78. The smallest absolute Gasteiger partial charge is 0.396 e. The molecule has 86 valence electrons. The number of amides is 1. The molecule has 0 saturated carbocycles. The molecule has 0 spiro atoms. The Kier molecular flexibility index (Phi) is 4.58.